The Bertz CT molecular complexity index is 814. The van der Waals surface area contributed by atoms with Crippen LogP contribution < -0.4 is 10.1 Å². The highest BCUT2D eigenvalue weighted by Crippen LogP contribution is 2.27. The van der Waals surface area contributed by atoms with E-state index in [4.69, 9.17) is 9.47 Å². The molecule has 26 heavy (non-hydrogen) atoms. The Morgan fingerprint density at radius 1 is 1.27 bits per heavy atom. The second kappa shape index (κ2) is 10.4. The summed E-state index contributed by atoms with van der Waals surface area (Å²) < 4.78 is 11.4. The standard InChI is InChI=1S/C20H19BrN2O3/c1-25-10-9-23-20(24)17(13-22)11-16-7-8-19(18(21)12-16)26-14-15-5-3-2-4-6-15/h2-8,11-12H,9-10,14H2,1H3,(H,23,24)/b17-11+. The van der Waals surface area contributed by atoms with E-state index in [9.17, 15) is 10.1 Å². The Hall–Kier alpha value is -2.62. The van der Waals surface area contributed by atoms with Gasteiger partial charge in [-0.25, -0.2) is 0 Å². The number of amides is 1. The average Bonchev–Trinajstić information content (AvgIpc) is 2.66. The maximum atomic E-state index is 12.0. The van der Waals surface area contributed by atoms with Gasteiger partial charge in [-0.1, -0.05) is 36.4 Å². The van der Waals surface area contributed by atoms with Crippen LogP contribution in [0.1, 0.15) is 11.1 Å². The summed E-state index contributed by atoms with van der Waals surface area (Å²) >= 11 is 3.47. The molecule has 5 nitrogen and oxygen atoms in total. The molecule has 0 saturated heterocycles. The fraction of sp³-hybridized carbons (Fsp3) is 0.200. The number of nitriles is 1. The molecule has 0 heterocycles. The van der Waals surface area contributed by atoms with E-state index in [1.165, 1.54) is 6.08 Å². The van der Waals surface area contributed by atoms with Crippen LogP contribution in [0.2, 0.25) is 0 Å². The van der Waals surface area contributed by atoms with Gasteiger partial charge in [-0.15, -0.1) is 0 Å². The summed E-state index contributed by atoms with van der Waals surface area (Å²) in [6.07, 6.45) is 1.54. The average molecular weight is 415 g/mol. The van der Waals surface area contributed by atoms with E-state index in [2.05, 4.69) is 21.2 Å². The molecule has 0 atom stereocenters. The summed E-state index contributed by atoms with van der Waals surface area (Å²) in [5.41, 5.74) is 1.83. The van der Waals surface area contributed by atoms with Crippen LogP contribution in [0, 0.1) is 11.3 Å². The Balaban J connectivity index is 2.05. The lowest BCUT2D eigenvalue weighted by Crippen LogP contribution is -2.27. The van der Waals surface area contributed by atoms with Crippen molar-refractivity contribution in [3.8, 4) is 11.8 Å². The molecule has 0 aliphatic carbocycles. The van der Waals surface area contributed by atoms with Crippen LogP contribution in [-0.4, -0.2) is 26.2 Å². The SMILES string of the molecule is COCCNC(=O)/C(C#N)=C/c1ccc(OCc2ccccc2)c(Br)c1. The second-order valence-corrected chi connectivity index (χ2v) is 6.24. The van der Waals surface area contributed by atoms with E-state index in [0.717, 1.165) is 15.6 Å². The molecule has 1 amide bonds. The van der Waals surface area contributed by atoms with Gasteiger partial charge in [-0.3, -0.25) is 4.79 Å². The Morgan fingerprint density at radius 2 is 2.04 bits per heavy atom. The van der Waals surface area contributed by atoms with Crippen molar-refractivity contribution < 1.29 is 14.3 Å². The summed E-state index contributed by atoms with van der Waals surface area (Å²) in [5.74, 6) is 0.263. The van der Waals surface area contributed by atoms with Gasteiger partial charge >= 0.3 is 0 Å². The number of ether oxygens (including phenoxy) is 2. The number of methoxy groups -OCH3 is 1. The van der Waals surface area contributed by atoms with Gasteiger partial charge in [0.15, 0.2) is 0 Å². The highest BCUT2D eigenvalue weighted by Gasteiger charge is 2.09. The molecule has 2 aromatic rings. The van der Waals surface area contributed by atoms with Gasteiger partial charge in [0.05, 0.1) is 11.1 Å². The third kappa shape index (κ3) is 6.03. The number of carbonyl (C=O) groups excluding carboxylic acids is 1. The summed E-state index contributed by atoms with van der Waals surface area (Å²) in [4.78, 5) is 12.0. The van der Waals surface area contributed by atoms with Crippen LogP contribution in [-0.2, 0) is 16.1 Å². The minimum Gasteiger partial charge on any atom is -0.488 e. The topological polar surface area (TPSA) is 71.3 Å². The van der Waals surface area contributed by atoms with Crippen LogP contribution in [0.5, 0.6) is 5.75 Å². The molecule has 134 valence electrons. The van der Waals surface area contributed by atoms with Gasteiger partial charge in [-0.2, -0.15) is 5.26 Å². The summed E-state index contributed by atoms with van der Waals surface area (Å²) in [5, 5.41) is 11.8. The molecular weight excluding hydrogens is 396 g/mol. The molecule has 0 saturated carbocycles. The molecule has 0 bridgehead atoms. The minimum absolute atomic E-state index is 0.0333. The molecular formula is C20H19BrN2O3. The zero-order valence-electron chi connectivity index (χ0n) is 14.4. The molecule has 2 aromatic carbocycles. The van der Waals surface area contributed by atoms with E-state index < -0.39 is 5.91 Å². The Morgan fingerprint density at radius 3 is 2.69 bits per heavy atom. The monoisotopic (exact) mass is 414 g/mol. The normalized spacial score (nSPS) is 10.9. The second-order valence-electron chi connectivity index (χ2n) is 5.38. The van der Waals surface area contributed by atoms with Gasteiger partial charge in [0.2, 0.25) is 0 Å². The fourth-order valence-corrected chi connectivity index (χ4v) is 2.65. The molecule has 6 heteroatoms. The Labute approximate surface area is 161 Å². The van der Waals surface area contributed by atoms with Crippen LogP contribution in [0.25, 0.3) is 6.08 Å². The van der Waals surface area contributed by atoms with Gasteiger partial charge < -0.3 is 14.8 Å². The van der Waals surface area contributed by atoms with Crippen molar-refractivity contribution in [2.45, 2.75) is 6.61 Å². The fourth-order valence-electron chi connectivity index (χ4n) is 2.14. The molecule has 0 radical (unpaired) electrons. The van der Waals surface area contributed by atoms with Gasteiger partial charge in [0.1, 0.15) is 24.0 Å². The molecule has 1 N–H and O–H groups in total. The van der Waals surface area contributed by atoms with Crippen molar-refractivity contribution >= 4 is 27.9 Å². The number of hydrogen-bond donors (Lipinski definition) is 1. The maximum absolute atomic E-state index is 12.0. The lowest BCUT2D eigenvalue weighted by atomic mass is 10.1. The molecule has 0 spiro atoms. The summed E-state index contributed by atoms with van der Waals surface area (Å²) in [7, 11) is 1.55. The first-order chi connectivity index (χ1) is 12.6. The largest absolute Gasteiger partial charge is 0.488 e. The zero-order valence-corrected chi connectivity index (χ0v) is 16.0. The van der Waals surface area contributed by atoms with Crippen molar-refractivity contribution in [3.63, 3.8) is 0 Å². The van der Waals surface area contributed by atoms with Crippen molar-refractivity contribution in [1.29, 1.82) is 5.26 Å². The first-order valence-corrected chi connectivity index (χ1v) is 8.78. The van der Waals surface area contributed by atoms with Gasteiger partial charge in [0, 0.05) is 13.7 Å². The third-order valence-electron chi connectivity index (χ3n) is 3.46. The van der Waals surface area contributed by atoms with E-state index in [0.29, 0.717) is 25.5 Å². The third-order valence-corrected chi connectivity index (χ3v) is 4.08. The molecule has 0 aromatic heterocycles. The Kier molecular flexibility index (Phi) is 7.87. The number of nitrogens with one attached hydrogen (secondary N) is 1. The van der Waals surface area contributed by atoms with Gasteiger partial charge in [0.25, 0.3) is 5.91 Å². The maximum Gasteiger partial charge on any atom is 0.262 e. The molecule has 0 unspecified atom stereocenters. The van der Waals surface area contributed by atoms with Crippen molar-refractivity contribution in [2.24, 2.45) is 0 Å². The van der Waals surface area contributed by atoms with Crippen LogP contribution in [0.4, 0.5) is 0 Å². The summed E-state index contributed by atoms with van der Waals surface area (Å²) in [6, 6.07) is 17.2. The van der Waals surface area contributed by atoms with E-state index >= 15 is 0 Å². The smallest absolute Gasteiger partial charge is 0.262 e. The quantitative estimate of drug-likeness (QED) is 0.406. The van der Waals surface area contributed by atoms with E-state index in [-0.39, 0.29) is 5.57 Å². The lowest BCUT2D eigenvalue weighted by molar-refractivity contribution is -0.117. The number of carbonyl (C=O) groups is 1. The van der Waals surface area contributed by atoms with Crippen LogP contribution in [0.15, 0.2) is 58.6 Å². The number of halogens is 1. The first-order valence-electron chi connectivity index (χ1n) is 7.99. The number of benzene rings is 2. The number of nitrogens with zero attached hydrogens (tertiary/aromatic N) is 1. The van der Waals surface area contributed by atoms with E-state index in [1.807, 2.05) is 36.4 Å². The van der Waals surface area contributed by atoms with Crippen molar-refractivity contribution in [3.05, 3.63) is 69.7 Å². The number of hydrogen-bond acceptors (Lipinski definition) is 4. The van der Waals surface area contributed by atoms with E-state index in [1.54, 1.807) is 25.3 Å². The summed E-state index contributed by atoms with van der Waals surface area (Å²) in [6.45, 7) is 1.20. The minimum atomic E-state index is -0.426. The van der Waals surface area contributed by atoms with Gasteiger partial charge in [-0.05, 0) is 45.3 Å². The highest BCUT2D eigenvalue weighted by molar-refractivity contribution is 9.10. The first kappa shape index (κ1) is 19.7. The lowest BCUT2D eigenvalue weighted by Gasteiger charge is -2.09. The molecule has 0 aliphatic rings. The predicted molar refractivity (Wildman–Crippen MR) is 103 cm³/mol. The molecule has 0 fully saturated rings. The van der Waals surface area contributed by atoms with Crippen molar-refractivity contribution in [2.75, 3.05) is 20.3 Å². The van der Waals surface area contributed by atoms with Crippen molar-refractivity contribution in [1.82, 2.24) is 5.32 Å². The zero-order chi connectivity index (χ0) is 18.8. The predicted octanol–water partition coefficient (Wildman–Crippen LogP) is 3.70. The molecule has 0 aliphatic heterocycles. The highest BCUT2D eigenvalue weighted by atomic mass is 79.9. The van der Waals surface area contributed by atoms with Crippen LogP contribution in [0.3, 0.4) is 0 Å². The molecule has 2 rings (SSSR count). The van der Waals surface area contributed by atoms with Crippen LogP contribution >= 0.6 is 15.9 Å². The number of rotatable bonds is 8.